The molecule has 0 radical (unpaired) electrons. The molecule has 1 aromatic rings. The summed E-state index contributed by atoms with van der Waals surface area (Å²) in [5.41, 5.74) is -0.794. The maximum absolute atomic E-state index is 10.2. The molecular weight excluding hydrogens is 194 g/mol. The molecule has 1 fully saturated rings. The number of hydrogen-bond donors (Lipinski definition) is 2. The fourth-order valence-corrected chi connectivity index (χ4v) is 1.64. The van der Waals surface area contributed by atoms with Gasteiger partial charge in [0.15, 0.2) is 0 Å². The SMILES string of the molecule is CC1OCCC1(O)CNc1cnccn1. The molecule has 2 rings (SSSR count). The van der Waals surface area contributed by atoms with E-state index in [1.165, 1.54) is 0 Å². The summed E-state index contributed by atoms with van der Waals surface area (Å²) in [6.07, 6.45) is 5.37. The first-order chi connectivity index (χ1) is 7.21. The number of rotatable bonds is 3. The highest BCUT2D eigenvalue weighted by molar-refractivity contribution is 5.30. The second-order valence-electron chi connectivity index (χ2n) is 3.81. The summed E-state index contributed by atoms with van der Waals surface area (Å²) in [5, 5.41) is 13.2. The maximum Gasteiger partial charge on any atom is 0.144 e. The van der Waals surface area contributed by atoms with Gasteiger partial charge in [-0.2, -0.15) is 0 Å². The van der Waals surface area contributed by atoms with Gasteiger partial charge >= 0.3 is 0 Å². The van der Waals surface area contributed by atoms with Crippen molar-refractivity contribution in [3.05, 3.63) is 18.6 Å². The Morgan fingerprint density at radius 1 is 1.67 bits per heavy atom. The number of nitrogens with one attached hydrogen (secondary N) is 1. The van der Waals surface area contributed by atoms with Crippen LogP contribution in [0.3, 0.4) is 0 Å². The molecule has 5 heteroatoms. The Balaban J connectivity index is 1.93. The molecule has 5 nitrogen and oxygen atoms in total. The Morgan fingerprint density at radius 2 is 2.53 bits per heavy atom. The lowest BCUT2D eigenvalue weighted by Gasteiger charge is -2.26. The third kappa shape index (κ3) is 2.24. The van der Waals surface area contributed by atoms with Gasteiger partial charge in [0, 0.05) is 32.0 Å². The van der Waals surface area contributed by atoms with Crippen molar-refractivity contribution < 1.29 is 9.84 Å². The van der Waals surface area contributed by atoms with Gasteiger partial charge in [-0.05, 0) is 6.92 Å². The molecule has 2 N–H and O–H groups in total. The largest absolute Gasteiger partial charge is 0.385 e. The predicted molar refractivity (Wildman–Crippen MR) is 55.5 cm³/mol. The molecule has 1 saturated heterocycles. The van der Waals surface area contributed by atoms with Crippen molar-refractivity contribution >= 4 is 5.82 Å². The molecule has 2 unspecified atom stereocenters. The van der Waals surface area contributed by atoms with E-state index in [-0.39, 0.29) is 6.10 Å². The van der Waals surface area contributed by atoms with E-state index in [1.54, 1.807) is 18.6 Å². The molecular formula is C10H15N3O2. The fraction of sp³-hybridized carbons (Fsp3) is 0.600. The second-order valence-corrected chi connectivity index (χ2v) is 3.81. The van der Waals surface area contributed by atoms with E-state index >= 15 is 0 Å². The molecule has 0 aromatic carbocycles. The molecule has 1 aliphatic heterocycles. The van der Waals surface area contributed by atoms with Gasteiger partial charge in [0.1, 0.15) is 11.4 Å². The van der Waals surface area contributed by atoms with Gasteiger partial charge in [-0.1, -0.05) is 0 Å². The minimum absolute atomic E-state index is 0.137. The summed E-state index contributed by atoms with van der Waals surface area (Å²) in [4.78, 5) is 8.00. The number of aromatic nitrogens is 2. The average Bonchev–Trinajstić information content (AvgIpc) is 2.59. The van der Waals surface area contributed by atoms with Gasteiger partial charge < -0.3 is 15.2 Å². The molecule has 2 atom stereocenters. The summed E-state index contributed by atoms with van der Waals surface area (Å²) < 4.78 is 5.33. The Hall–Kier alpha value is -1.20. The molecule has 0 saturated carbocycles. The summed E-state index contributed by atoms with van der Waals surface area (Å²) in [7, 11) is 0. The van der Waals surface area contributed by atoms with E-state index in [2.05, 4.69) is 15.3 Å². The third-order valence-corrected chi connectivity index (χ3v) is 2.80. The third-order valence-electron chi connectivity index (χ3n) is 2.80. The number of hydrogen-bond acceptors (Lipinski definition) is 5. The van der Waals surface area contributed by atoms with Crippen molar-refractivity contribution in [1.29, 1.82) is 0 Å². The van der Waals surface area contributed by atoms with Crippen LogP contribution in [0.4, 0.5) is 5.82 Å². The molecule has 2 heterocycles. The fourth-order valence-electron chi connectivity index (χ4n) is 1.64. The van der Waals surface area contributed by atoms with Crippen molar-refractivity contribution in [3.63, 3.8) is 0 Å². The lowest BCUT2D eigenvalue weighted by atomic mass is 9.97. The van der Waals surface area contributed by atoms with E-state index in [0.29, 0.717) is 25.4 Å². The average molecular weight is 209 g/mol. The molecule has 0 spiro atoms. The molecule has 15 heavy (non-hydrogen) atoms. The summed E-state index contributed by atoms with van der Waals surface area (Å²) >= 11 is 0. The van der Waals surface area contributed by atoms with Crippen LogP contribution in [0.25, 0.3) is 0 Å². The minimum Gasteiger partial charge on any atom is -0.385 e. The molecule has 1 aliphatic rings. The van der Waals surface area contributed by atoms with E-state index in [0.717, 1.165) is 0 Å². The van der Waals surface area contributed by atoms with E-state index in [9.17, 15) is 5.11 Å². The first-order valence-corrected chi connectivity index (χ1v) is 5.04. The first-order valence-electron chi connectivity index (χ1n) is 5.04. The zero-order valence-electron chi connectivity index (χ0n) is 8.68. The van der Waals surface area contributed by atoms with Crippen LogP contribution < -0.4 is 5.32 Å². The normalized spacial score (nSPS) is 30.4. The monoisotopic (exact) mass is 209 g/mol. The number of aliphatic hydroxyl groups is 1. The topological polar surface area (TPSA) is 67.3 Å². The first kappa shape index (κ1) is 10.3. The Morgan fingerprint density at radius 3 is 3.13 bits per heavy atom. The Bertz CT molecular complexity index is 320. The van der Waals surface area contributed by atoms with Gasteiger partial charge in [0.2, 0.25) is 0 Å². The van der Waals surface area contributed by atoms with Gasteiger partial charge in [0.25, 0.3) is 0 Å². The van der Waals surface area contributed by atoms with Gasteiger partial charge in [-0.15, -0.1) is 0 Å². The van der Waals surface area contributed by atoms with Gasteiger partial charge in [-0.25, -0.2) is 4.98 Å². The molecule has 82 valence electrons. The smallest absolute Gasteiger partial charge is 0.144 e. The highest BCUT2D eigenvalue weighted by atomic mass is 16.5. The lowest BCUT2D eigenvalue weighted by molar-refractivity contribution is -0.0176. The second kappa shape index (κ2) is 4.12. The van der Waals surface area contributed by atoms with Crippen LogP contribution in [0, 0.1) is 0 Å². The highest BCUT2D eigenvalue weighted by Crippen LogP contribution is 2.25. The van der Waals surface area contributed by atoms with Crippen LogP contribution >= 0.6 is 0 Å². The molecule has 0 amide bonds. The van der Waals surface area contributed by atoms with Gasteiger partial charge in [0.05, 0.1) is 12.3 Å². The number of nitrogens with zero attached hydrogens (tertiary/aromatic N) is 2. The number of anilines is 1. The van der Waals surface area contributed by atoms with E-state index in [1.807, 2.05) is 6.92 Å². The zero-order valence-corrected chi connectivity index (χ0v) is 8.68. The molecule has 0 aliphatic carbocycles. The van der Waals surface area contributed by atoms with Crippen LogP contribution in [0.2, 0.25) is 0 Å². The lowest BCUT2D eigenvalue weighted by Crippen LogP contribution is -2.43. The zero-order chi connectivity index (χ0) is 10.7. The van der Waals surface area contributed by atoms with E-state index < -0.39 is 5.60 Å². The van der Waals surface area contributed by atoms with E-state index in [4.69, 9.17) is 4.74 Å². The van der Waals surface area contributed by atoms with Crippen LogP contribution in [0.1, 0.15) is 13.3 Å². The summed E-state index contributed by atoms with van der Waals surface area (Å²) in [6.45, 7) is 2.93. The van der Waals surface area contributed by atoms with Crippen molar-refractivity contribution in [1.82, 2.24) is 9.97 Å². The van der Waals surface area contributed by atoms with Crippen LogP contribution in [0.5, 0.6) is 0 Å². The quantitative estimate of drug-likeness (QED) is 0.755. The Kier molecular flexibility index (Phi) is 2.83. The number of ether oxygens (including phenoxy) is 1. The van der Waals surface area contributed by atoms with Crippen molar-refractivity contribution in [2.24, 2.45) is 0 Å². The minimum atomic E-state index is -0.794. The van der Waals surface area contributed by atoms with Crippen LogP contribution in [-0.2, 0) is 4.74 Å². The summed E-state index contributed by atoms with van der Waals surface area (Å²) in [5.74, 6) is 0.671. The predicted octanol–water partition coefficient (Wildman–Crippen LogP) is 0.428. The molecule has 1 aromatic heterocycles. The maximum atomic E-state index is 10.2. The molecule has 0 bridgehead atoms. The van der Waals surface area contributed by atoms with Gasteiger partial charge in [-0.3, -0.25) is 4.98 Å². The van der Waals surface area contributed by atoms with Crippen molar-refractivity contribution in [2.75, 3.05) is 18.5 Å². The standard InChI is InChI=1S/C10H15N3O2/c1-8-10(14,2-5-15-8)7-13-9-6-11-3-4-12-9/h3-4,6,8,14H,2,5,7H2,1H3,(H,12,13). The van der Waals surface area contributed by atoms with Crippen molar-refractivity contribution in [3.8, 4) is 0 Å². The summed E-state index contributed by atoms with van der Waals surface area (Å²) in [6, 6.07) is 0. The van der Waals surface area contributed by atoms with Crippen LogP contribution in [-0.4, -0.2) is 39.9 Å². The van der Waals surface area contributed by atoms with Crippen molar-refractivity contribution in [2.45, 2.75) is 25.0 Å². The Labute approximate surface area is 88.5 Å². The highest BCUT2D eigenvalue weighted by Gasteiger charge is 2.39. The van der Waals surface area contributed by atoms with Crippen LogP contribution in [0.15, 0.2) is 18.6 Å².